The second-order valence-electron chi connectivity index (χ2n) is 12.1. The van der Waals surface area contributed by atoms with Crippen LogP contribution in [0.1, 0.15) is 87.9 Å². The van der Waals surface area contributed by atoms with Crippen LogP contribution in [0.4, 0.5) is 11.4 Å². The molecule has 6 nitrogen and oxygen atoms in total. The van der Waals surface area contributed by atoms with Crippen LogP contribution in [-0.2, 0) is 4.74 Å². The van der Waals surface area contributed by atoms with Crippen LogP contribution in [0.15, 0.2) is 24.3 Å². The highest BCUT2D eigenvalue weighted by atomic mass is 16.6. The average Bonchev–Trinajstić information content (AvgIpc) is 3.10. The van der Waals surface area contributed by atoms with E-state index in [-0.39, 0.29) is 17.5 Å². The number of carbonyl (C=O) groups excluding carboxylic acids is 2. The SMILES string of the molecule is Cc1cc(C)c2c(c1)C(=O)[C@]1(O)CCC[C@@H]3[C@]45CCCC[C@]4(O[C@]31N2)C(=O)c1cc(C)cc(C)c1N5. The predicted octanol–water partition coefficient (Wildman–Crippen LogP) is 5.15. The van der Waals surface area contributed by atoms with Gasteiger partial charge in [-0.2, -0.15) is 0 Å². The maximum absolute atomic E-state index is 14.6. The van der Waals surface area contributed by atoms with Crippen LogP contribution in [-0.4, -0.2) is 39.1 Å². The zero-order valence-electron chi connectivity index (χ0n) is 21.5. The second kappa shape index (κ2) is 6.78. The van der Waals surface area contributed by atoms with Gasteiger partial charge in [-0.3, -0.25) is 9.59 Å². The highest BCUT2D eigenvalue weighted by molar-refractivity contribution is 6.13. The summed E-state index contributed by atoms with van der Waals surface area (Å²) >= 11 is 0. The Morgan fingerprint density at radius 2 is 1.42 bits per heavy atom. The molecule has 2 aromatic carbocycles. The Bertz CT molecular complexity index is 1380. The van der Waals surface area contributed by atoms with Crippen LogP contribution in [0.3, 0.4) is 0 Å². The molecule has 3 N–H and O–H groups in total. The lowest BCUT2D eigenvalue weighted by Crippen LogP contribution is -2.72. The zero-order valence-corrected chi connectivity index (χ0v) is 21.5. The highest BCUT2D eigenvalue weighted by Gasteiger charge is 2.82. The molecule has 7 rings (SSSR count). The third-order valence-electron chi connectivity index (χ3n) is 9.99. The lowest BCUT2D eigenvalue weighted by molar-refractivity contribution is -0.187. The van der Waals surface area contributed by atoms with Crippen molar-refractivity contribution in [3.63, 3.8) is 0 Å². The molecule has 5 atom stereocenters. The standard InChI is InChI=1S/C30H34N2O4/c1-16-13-19(4)24-20(14-16)25(33)28(35)10-7-8-22-27-9-5-6-11-29(27,36-30(22,28)32-24)26(34)21-15-17(2)12-18(3)23(21)31-27/h12-15,22,31-32,35H,5-11H2,1-4H3/t22-,27-,28-,29+,30-/m1/s1. The molecule has 3 heterocycles. The van der Waals surface area contributed by atoms with E-state index in [0.717, 1.165) is 59.3 Å². The number of fused-ring (bicyclic) bond motifs is 2. The summed E-state index contributed by atoms with van der Waals surface area (Å²) in [6.45, 7) is 8.01. The van der Waals surface area contributed by atoms with E-state index in [2.05, 4.69) is 22.8 Å². The molecule has 1 saturated heterocycles. The van der Waals surface area contributed by atoms with Gasteiger partial charge in [0.05, 0.1) is 11.2 Å². The molecule has 3 aliphatic heterocycles. The number of aryl methyl sites for hydroxylation is 4. The van der Waals surface area contributed by atoms with Crippen LogP contribution in [0.5, 0.6) is 0 Å². The van der Waals surface area contributed by atoms with Crippen molar-refractivity contribution in [1.82, 2.24) is 0 Å². The molecule has 0 unspecified atom stereocenters. The molecule has 188 valence electrons. The van der Waals surface area contributed by atoms with Gasteiger partial charge in [0, 0.05) is 22.7 Å². The number of hydrogen-bond donors (Lipinski definition) is 3. The third-order valence-corrected chi connectivity index (χ3v) is 9.99. The molecule has 0 amide bonds. The summed E-state index contributed by atoms with van der Waals surface area (Å²) in [5.74, 6) is -0.540. The molecule has 6 heteroatoms. The van der Waals surface area contributed by atoms with E-state index < -0.39 is 22.5 Å². The Hall–Kier alpha value is -2.70. The maximum atomic E-state index is 14.6. The number of carbonyl (C=O) groups is 2. The van der Waals surface area contributed by atoms with Gasteiger partial charge in [0.25, 0.3) is 0 Å². The monoisotopic (exact) mass is 486 g/mol. The molecular weight excluding hydrogens is 452 g/mol. The van der Waals surface area contributed by atoms with Crippen LogP contribution < -0.4 is 10.6 Å². The molecule has 1 spiro atoms. The van der Waals surface area contributed by atoms with Gasteiger partial charge in [0.1, 0.15) is 0 Å². The summed E-state index contributed by atoms with van der Waals surface area (Å²) in [4.78, 5) is 28.7. The van der Waals surface area contributed by atoms with Crippen molar-refractivity contribution in [3.8, 4) is 0 Å². The Morgan fingerprint density at radius 1 is 0.806 bits per heavy atom. The maximum Gasteiger partial charge on any atom is 0.201 e. The quantitative estimate of drug-likeness (QED) is 0.478. The van der Waals surface area contributed by atoms with Crippen LogP contribution in [0.25, 0.3) is 0 Å². The van der Waals surface area contributed by atoms with Crippen molar-refractivity contribution < 1.29 is 19.4 Å². The lowest BCUT2D eigenvalue weighted by Gasteiger charge is -2.56. The molecule has 0 aromatic heterocycles. The third kappa shape index (κ3) is 2.32. The first-order valence-electron chi connectivity index (χ1n) is 13.4. The van der Waals surface area contributed by atoms with Crippen molar-refractivity contribution in [3.05, 3.63) is 57.6 Å². The van der Waals surface area contributed by atoms with E-state index in [1.165, 1.54) is 0 Å². The van der Waals surface area contributed by atoms with E-state index in [1.54, 1.807) is 0 Å². The number of ketones is 2. The van der Waals surface area contributed by atoms with Crippen molar-refractivity contribution >= 4 is 22.9 Å². The fraction of sp³-hybridized carbons (Fsp3) is 0.533. The van der Waals surface area contributed by atoms with Gasteiger partial charge in [-0.1, -0.05) is 18.6 Å². The summed E-state index contributed by atoms with van der Waals surface area (Å²) in [7, 11) is 0. The normalized spacial score (nSPS) is 38.0. The molecule has 0 bridgehead atoms. The van der Waals surface area contributed by atoms with E-state index in [4.69, 9.17) is 4.74 Å². The number of rotatable bonds is 0. The minimum Gasteiger partial charge on any atom is -0.377 e. The summed E-state index contributed by atoms with van der Waals surface area (Å²) in [6.07, 6.45) is 4.98. The second-order valence-corrected chi connectivity index (χ2v) is 12.1. The number of anilines is 2. The van der Waals surface area contributed by atoms with E-state index >= 15 is 0 Å². The van der Waals surface area contributed by atoms with Crippen LogP contribution >= 0.6 is 0 Å². The van der Waals surface area contributed by atoms with Gasteiger partial charge in [0.2, 0.25) is 5.78 Å². The molecule has 36 heavy (non-hydrogen) atoms. The van der Waals surface area contributed by atoms with E-state index in [0.29, 0.717) is 30.4 Å². The van der Waals surface area contributed by atoms with Crippen molar-refractivity contribution in [2.75, 3.05) is 10.6 Å². The minimum atomic E-state index is -1.75. The summed E-state index contributed by atoms with van der Waals surface area (Å²) in [5.41, 5.74) is 1.87. The molecule has 5 aliphatic rings. The Kier molecular flexibility index (Phi) is 4.24. The largest absolute Gasteiger partial charge is 0.377 e. The van der Waals surface area contributed by atoms with E-state index in [9.17, 15) is 14.7 Å². The smallest absolute Gasteiger partial charge is 0.201 e. The number of aliphatic hydroxyl groups is 1. The molecular formula is C30H34N2O4. The lowest BCUT2D eigenvalue weighted by atomic mass is 9.54. The van der Waals surface area contributed by atoms with Crippen molar-refractivity contribution in [1.29, 1.82) is 0 Å². The van der Waals surface area contributed by atoms with Crippen LogP contribution in [0.2, 0.25) is 0 Å². The Labute approximate surface area is 211 Å². The summed E-state index contributed by atoms with van der Waals surface area (Å²) < 4.78 is 7.11. The zero-order chi connectivity index (χ0) is 25.3. The van der Waals surface area contributed by atoms with Gasteiger partial charge >= 0.3 is 0 Å². The summed E-state index contributed by atoms with van der Waals surface area (Å²) in [5, 5.41) is 19.9. The van der Waals surface area contributed by atoms with E-state index in [1.807, 2.05) is 39.8 Å². The van der Waals surface area contributed by atoms with Gasteiger partial charge in [0.15, 0.2) is 22.7 Å². The Balaban J connectivity index is 1.50. The average molecular weight is 487 g/mol. The van der Waals surface area contributed by atoms with Crippen molar-refractivity contribution in [2.24, 2.45) is 5.92 Å². The first-order chi connectivity index (χ1) is 17.1. The number of ether oxygens (including phenoxy) is 1. The van der Waals surface area contributed by atoms with Gasteiger partial charge in [-0.15, -0.1) is 0 Å². The number of Topliss-reactive ketones (excluding diaryl/α,β-unsaturated/α-hetero) is 2. The summed E-state index contributed by atoms with van der Waals surface area (Å²) in [6, 6.07) is 7.98. The van der Waals surface area contributed by atoms with Gasteiger partial charge < -0.3 is 20.5 Å². The predicted molar refractivity (Wildman–Crippen MR) is 138 cm³/mol. The number of hydrogen-bond acceptors (Lipinski definition) is 6. The fourth-order valence-corrected chi connectivity index (χ4v) is 8.65. The molecule has 0 radical (unpaired) electrons. The highest BCUT2D eigenvalue weighted by Crippen LogP contribution is 2.67. The number of benzene rings is 2. The van der Waals surface area contributed by atoms with Gasteiger partial charge in [-0.25, -0.2) is 0 Å². The molecule has 3 fully saturated rings. The molecule has 2 saturated carbocycles. The van der Waals surface area contributed by atoms with Gasteiger partial charge in [-0.05, 0) is 101 Å². The molecule has 2 aliphatic carbocycles. The Morgan fingerprint density at radius 3 is 2.11 bits per heavy atom. The topological polar surface area (TPSA) is 87.7 Å². The molecule has 2 aromatic rings. The van der Waals surface area contributed by atoms with Crippen LogP contribution in [0, 0.1) is 33.6 Å². The first-order valence-corrected chi connectivity index (χ1v) is 13.4. The number of nitrogens with one attached hydrogen (secondary N) is 2. The first kappa shape index (κ1) is 22.5. The van der Waals surface area contributed by atoms with Crippen molar-refractivity contribution in [2.45, 2.75) is 95.1 Å². The minimum absolute atomic E-state index is 0.00505. The fourth-order valence-electron chi connectivity index (χ4n) is 8.65.